The number of anilines is 1. The third-order valence-electron chi connectivity index (χ3n) is 4.71. The Morgan fingerprint density at radius 2 is 1.88 bits per heavy atom. The van der Waals surface area contributed by atoms with Gasteiger partial charge in [-0.3, -0.25) is 30.3 Å². The summed E-state index contributed by atoms with van der Waals surface area (Å²) in [6, 6.07) is 9.11. The number of nitrogens with zero attached hydrogens (tertiary/aromatic N) is 5. The molecule has 4 rings (SSSR count). The molecule has 0 saturated heterocycles. The van der Waals surface area contributed by atoms with Gasteiger partial charge in [-0.1, -0.05) is 0 Å². The molecule has 12 nitrogen and oxygen atoms in total. The minimum absolute atomic E-state index is 0.00181. The lowest BCUT2D eigenvalue weighted by atomic mass is 10.0. The van der Waals surface area contributed by atoms with Crippen LogP contribution in [0, 0.1) is 27.2 Å². The fourth-order valence-corrected chi connectivity index (χ4v) is 3.91. The van der Waals surface area contributed by atoms with Crippen molar-refractivity contribution in [2.75, 3.05) is 12.4 Å². The Kier molecular flexibility index (Phi) is 5.24. The number of hydrogen-bond donors (Lipinski definition) is 1. The highest BCUT2D eigenvalue weighted by atomic mass is 32.1. The van der Waals surface area contributed by atoms with Gasteiger partial charge in [0.15, 0.2) is 0 Å². The van der Waals surface area contributed by atoms with Crippen LogP contribution in [0.4, 0.5) is 17.3 Å². The summed E-state index contributed by atoms with van der Waals surface area (Å²) in [5.41, 5.74) is 0.295. The summed E-state index contributed by atoms with van der Waals surface area (Å²) in [6.45, 7) is 1.34. The van der Waals surface area contributed by atoms with Gasteiger partial charge in [0.25, 0.3) is 23.2 Å². The van der Waals surface area contributed by atoms with Crippen molar-refractivity contribution in [3.8, 4) is 17.0 Å². The molecule has 0 fully saturated rings. The molecule has 32 heavy (non-hydrogen) atoms. The van der Waals surface area contributed by atoms with Crippen LogP contribution < -0.4 is 10.1 Å². The van der Waals surface area contributed by atoms with Gasteiger partial charge < -0.3 is 4.74 Å². The number of aromatic nitrogens is 3. The van der Waals surface area contributed by atoms with Crippen LogP contribution in [0.1, 0.15) is 15.9 Å². The summed E-state index contributed by atoms with van der Waals surface area (Å²) in [5.74, 6) is -0.128. The van der Waals surface area contributed by atoms with Crippen molar-refractivity contribution in [3.63, 3.8) is 0 Å². The van der Waals surface area contributed by atoms with Gasteiger partial charge in [-0.05, 0) is 31.2 Å². The summed E-state index contributed by atoms with van der Waals surface area (Å²) in [4.78, 5) is 38.3. The Hall–Kier alpha value is -4.39. The van der Waals surface area contributed by atoms with Crippen molar-refractivity contribution < 1.29 is 19.4 Å². The molecule has 4 aromatic rings. The molecule has 0 aliphatic heterocycles. The standard InChI is InChI=1S/C19H14N6O6S/c1-10-14(7-12(24(27)28)8-15(10)25(29)30)17(26)20-18-21-19-23(22-18)16(9-32-19)11-3-5-13(31-2)6-4-11/h3-9H,1-2H3,(H,20,22,26). The first kappa shape index (κ1) is 20.9. The molecular weight excluding hydrogens is 440 g/mol. The highest BCUT2D eigenvalue weighted by Crippen LogP contribution is 2.30. The third kappa shape index (κ3) is 3.72. The summed E-state index contributed by atoms with van der Waals surface area (Å²) in [7, 11) is 1.57. The maximum atomic E-state index is 12.8. The van der Waals surface area contributed by atoms with Gasteiger partial charge in [-0.2, -0.15) is 4.98 Å². The molecule has 2 aromatic carbocycles. The number of benzene rings is 2. The van der Waals surface area contributed by atoms with E-state index >= 15 is 0 Å². The molecule has 2 aromatic heterocycles. The SMILES string of the molecule is COc1ccc(-c2csc3nc(NC(=O)c4cc([N+](=O)[O-])cc([N+](=O)[O-])c4C)nn23)cc1. The second kappa shape index (κ2) is 8.03. The Balaban J connectivity index is 1.67. The average Bonchev–Trinajstić information content (AvgIpc) is 3.33. The van der Waals surface area contributed by atoms with Crippen LogP contribution in [-0.4, -0.2) is 37.5 Å². The lowest BCUT2D eigenvalue weighted by Crippen LogP contribution is -2.16. The van der Waals surface area contributed by atoms with Gasteiger partial charge in [-0.25, -0.2) is 4.52 Å². The van der Waals surface area contributed by atoms with Gasteiger partial charge in [-0.15, -0.1) is 16.4 Å². The zero-order valence-corrected chi connectivity index (χ0v) is 17.5. The normalized spacial score (nSPS) is 10.8. The van der Waals surface area contributed by atoms with E-state index < -0.39 is 27.1 Å². The maximum absolute atomic E-state index is 12.8. The predicted octanol–water partition coefficient (Wildman–Crippen LogP) is 3.84. The summed E-state index contributed by atoms with van der Waals surface area (Å²) >= 11 is 1.31. The monoisotopic (exact) mass is 454 g/mol. The van der Waals surface area contributed by atoms with Crippen LogP contribution in [0.5, 0.6) is 5.75 Å². The van der Waals surface area contributed by atoms with Crippen LogP contribution >= 0.6 is 11.3 Å². The molecule has 1 N–H and O–H groups in total. The van der Waals surface area contributed by atoms with Crippen LogP contribution in [-0.2, 0) is 0 Å². The van der Waals surface area contributed by atoms with E-state index in [1.54, 1.807) is 23.8 Å². The third-order valence-corrected chi connectivity index (χ3v) is 5.53. The largest absolute Gasteiger partial charge is 0.497 e. The second-order valence-corrected chi connectivity index (χ2v) is 7.42. The minimum Gasteiger partial charge on any atom is -0.497 e. The van der Waals surface area contributed by atoms with Crippen LogP contribution in [0.25, 0.3) is 16.2 Å². The van der Waals surface area contributed by atoms with Crippen molar-refractivity contribution in [2.24, 2.45) is 0 Å². The van der Waals surface area contributed by atoms with E-state index in [0.717, 1.165) is 23.4 Å². The van der Waals surface area contributed by atoms with Gasteiger partial charge in [0.2, 0.25) is 4.96 Å². The first-order valence-electron chi connectivity index (χ1n) is 9.02. The number of nitro groups is 2. The highest BCUT2D eigenvalue weighted by molar-refractivity contribution is 7.15. The van der Waals surface area contributed by atoms with Crippen molar-refractivity contribution in [1.29, 1.82) is 0 Å². The second-order valence-electron chi connectivity index (χ2n) is 6.59. The number of amides is 1. The van der Waals surface area contributed by atoms with E-state index in [1.807, 2.05) is 17.5 Å². The molecule has 0 aliphatic rings. The lowest BCUT2D eigenvalue weighted by Gasteiger charge is -2.06. The number of hydrogen-bond acceptors (Lipinski definition) is 9. The van der Waals surface area contributed by atoms with E-state index in [4.69, 9.17) is 4.74 Å². The zero-order chi connectivity index (χ0) is 23.0. The van der Waals surface area contributed by atoms with Gasteiger partial charge in [0.1, 0.15) is 5.75 Å². The molecule has 0 spiro atoms. The van der Waals surface area contributed by atoms with E-state index in [-0.39, 0.29) is 17.1 Å². The molecule has 0 bridgehead atoms. The number of fused-ring (bicyclic) bond motifs is 1. The van der Waals surface area contributed by atoms with Gasteiger partial charge >= 0.3 is 0 Å². The number of methoxy groups -OCH3 is 1. The van der Waals surface area contributed by atoms with Crippen molar-refractivity contribution in [3.05, 3.63) is 73.1 Å². The predicted molar refractivity (Wildman–Crippen MR) is 115 cm³/mol. The molecule has 0 unspecified atom stereocenters. The molecule has 0 radical (unpaired) electrons. The number of ether oxygens (including phenoxy) is 1. The zero-order valence-electron chi connectivity index (χ0n) is 16.6. The molecule has 13 heteroatoms. The van der Waals surface area contributed by atoms with E-state index in [1.165, 1.54) is 18.3 Å². The Labute approximate surface area is 183 Å². The fourth-order valence-electron chi connectivity index (χ4n) is 3.08. The van der Waals surface area contributed by atoms with Gasteiger partial charge in [0.05, 0.1) is 34.3 Å². The number of nitrogens with one attached hydrogen (secondary N) is 1. The van der Waals surface area contributed by atoms with Gasteiger partial charge in [0, 0.05) is 22.6 Å². The van der Waals surface area contributed by atoms with Crippen LogP contribution in [0.2, 0.25) is 0 Å². The Bertz CT molecular complexity index is 1380. The Morgan fingerprint density at radius 1 is 1.16 bits per heavy atom. The molecule has 0 aliphatic carbocycles. The highest BCUT2D eigenvalue weighted by Gasteiger charge is 2.25. The van der Waals surface area contributed by atoms with E-state index in [0.29, 0.717) is 10.7 Å². The van der Waals surface area contributed by atoms with E-state index in [2.05, 4.69) is 15.4 Å². The summed E-state index contributed by atoms with van der Waals surface area (Å²) in [6.07, 6.45) is 0. The molecule has 1 amide bonds. The quantitative estimate of drug-likeness (QED) is 0.340. The van der Waals surface area contributed by atoms with Crippen molar-refractivity contribution in [2.45, 2.75) is 6.92 Å². The first-order valence-corrected chi connectivity index (χ1v) is 9.90. The number of non-ortho nitro benzene ring substituents is 1. The van der Waals surface area contributed by atoms with E-state index in [9.17, 15) is 25.0 Å². The number of thiazole rings is 1. The lowest BCUT2D eigenvalue weighted by molar-refractivity contribution is -0.394. The summed E-state index contributed by atoms with van der Waals surface area (Å²) < 4.78 is 6.70. The summed E-state index contributed by atoms with van der Waals surface area (Å²) in [5, 5.41) is 31.0. The fraction of sp³-hybridized carbons (Fsp3) is 0.105. The molecular formula is C19H14N6O6S. The maximum Gasteiger partial charge on any atom is 0.279 e. The number of rotatable bonds is 6. The molecule has 162 valence electrons. The van der Waals surface area contributed by atoms with Crippen LogP contribution in [0.15, 0.2) is 41.8 Å². The number of carbonyl (C=O) groups is 1. The molecule has 0 saturated carbocycles. The Morgan fingerprint density at radius 3 is 2.50 bits per heavy atom. The van der Waals surface area contributed by atoms with Crippen molar-refractivity contribution >= 4 is 39.5 Å². The number of carbonyl (C=O) groups excluding carboxylic acids is 1. The molecule has 0 atom stereocenters. The van der Waals surface area contributed by atoms with Crippen molar-refractivity contribution in [1.82, 2.24) is 14.6 Å². The number of nitro benzene ring substituents is 2. The molecule has 2 heterocycles. The minimum atomic E-state index is -0.796. The average molecular weight is 454 g/mol. The van der Waals surface area contributed by atoms with Crippen LogP contribution in [0.3, 0.4) is 0 Å². The first-order chi connectivity index (χ1) is 15.3. The topological polar surface area (TPSA) is 155 Å². The smallest absolute Gasteiger partial charge is 0.279 e.